The van der Waals surface area contributed by atoms with Gasteiger partial charge in [0, 0.05) is 11.6 Å². The molecule has 0 spiro atoms. The SMILES string of the molecule is CC(Oc1ccc(C#N)cc1)C(=O)N/N=C/c1c(Cl)nc2sccn12. The number of nitrogens with one attached hydrogen (secondary N) is 1. The molecule has 1 unspecified atom stereocenters. The summed E-state index contributed by atoms with van der Waals surface area (Å²) in [6.07, 6.45) is 2.49. The molecule has 0 aliphatic heterocycles. The van der Waals surface area contributed by atoms with Gasteiger partial charge >= 0.3 is 0 Å². The maximum absolute atomic E-state index is 12.0. The van der Waals surface area contributed by atoms with Crippen LogP contribution in [0.15, 0.2) is 40.9 Å². The lowest BCUT2D eigenvalue weighted by Gasteiger charge is -2.12. The molecular formula is C16H12ClN5O2S. The van der Waals surface area contributed by atoms with Crippen LogP contribution >= 0.6 is 22.9 Å². The van der Waals surface area contributed by atoms with Gasteiger partial charge in [-0.05, 0) is 31.2 Å². The quantitative estimate of drug-likeness (QED) is 0.549. The third-order valence-corrected chi connectivity index (χ3v) is 4.32. The molecule has 126 valence electrons. The zero-order chi connectivity index (χ0) is 17.8. The van der Waals surface area contributed by atoms with Crippen molar-refractivity contribution in [2.75, 3.05) is 0 Å². The fourth-order valence-corrected chi connectivity index (χ4v) is 3.00. The minimum Gasteiger partial charge on any atom is -0.481 e. The summed E-state index contributed by atoms with van der Waals surface area (Å²) in [5.41, 5.74) is 3.51. The highest BCUT2D eigenvalue weighted by Crippen LogP contribution is 2.19. The van der Waals surface area contributed by atoms with Gasteiger partial charge in [-0.1, -0.05) is 11.6 Å². The fraction of sp³-hybridized carbons (Fsp3) is 0.125. The van der Waals surface area contributed by atoms with Crippen molar-refractivity contribution in [1.29, 1.82) is 5.26 Å². The highest BCUT2D eigenvalue weighted by Gasteiger charge is 2.14. The smallest absolute Gasteiger partial charge is 0.280 e. The topological polar surface area (TPSA) is 91.8 Å². The molecule has 2 heterocycles. The van der Waals surface area contributed by atoms with Crippen molar-refractivity contribution in [1.82, 2.24) is 14.8 Å². The second-order valence-corrected chi connectivity index (χ2v) is 6.20. The zero-order valence-corrected chi connectivity index (χ0v) is 14.6. The van der Waals surface area contributed by atoms with E-state index >= 15 is 0 Å². The Balaban J connectivity index is 1.60. The molecule has 0 bridgehead atoms. The summed E-state index contributed by atoms with van der Waals surface area (Å²) >= 11 is 7.49. The molecular weight excluding hydrogens is 362 g/mol. The van der Waals surface area contributed by atoms with E-state index in [-0.39, 0.29) is 0 Å². The number of benzene rings is 1. The van der Waals surface area contributed by atoms with Gasteiger partial charge in [-0.25, -0.2) is 10.4 Å². The molecule has 0 saturated carbocycles. The Labute approximate surface area is 152 Å². The van der Waals surface area contributed by atoms with Gasteiger partial charge in [0.15, 0.2) is 16.2 Å². The number of hydrazone groups is 1. The first kappa shape index (κ1) is 17.0. The molecule has 1 amide bonds. The van der Waals surface area contributed by atoms with Crippen molar-refractivity contribution in [3.8, 4) is 11.8 Å². The Morgan fingerprint density at radius 2 is 2.28 bits per heavy atom. The molecule has 3 rings (SSSR count). The normalized spacial score (nSPS) is 12.2. The highest BCUT2D eigenvalue weighted by atomic mass is 35.5. The van der Waals surface area contributed by atoms with Crippen LogP contribution in [0.25, 0.3) is 4.96 Å². The van der Waals surface area contributed by atoms with Crippen molar-refractivity contribution < 1.29 is 9.53 Å². The predicted molar refractivity (Wildman–Crippen MR) is 95.1 cm³/mol. The number of halogens is 1. The molecule has 7 nitrogen and oxygen atoms in total. The molecule has 0 radical (unpaired) electrons. The number of rotatable bonds is 5. The Hall–Kier alpha value is -2.89. The lowest BCUT2D eigenvalue weighted by atomic mass is 10.2. The van der Waals surface area contributed by atoms with Crippen LogP contribution in [0.3, 0.4) is 0 Å². The molecule has 1 atom stereocenters. The van der Waals surface area contributed by atoms with Crippen molar-refractivity contribution in [3.05, 3.63) is 52.3 Å². The van der Waals surface area contributed by atoms with E-state index in [1.165, 1.54) is 17.6 Å². The van der Waals surface area contributed by atoms with Gasteiger partial charge in [0.1, 0.15) is 11.4 Å². The summed E-state index contributed by atoms with van der Waals surface area (Å²) in [4.78, 5) is 17.0. The largest absolute Gasteiger partial charge is 0.481 e. The first-order valence-electron chi connectivity index (χ1n) is 7.19. The molecule has 9 heteroatoms. The minimum atomic E-state index is -0.757. The summed E-state index contributed by atoms with van der Waals surface area (Å²) < 4.78 is 7.28. The van der Waals surface area contributed by atoms with Gasteiger partial charge in [-0.15, -0.1) is 11.3 Å². The molecule has 0 fully saturated rings. The second kappa shape index (κ2) is 7.34. The average Bonchev–Trinajstić information content (AvgIpc) is 3.17. The third kappa shape index (κ3) is 3.79. The maximum atomic E-state index is 12.0. The van der Waals surface area contributed by atoms with Crippen LogP contribution in [0.5, 0.6) is 5.75 Å². The van der Waals surface area contributed by atoms with Gasteiger partial charge < -0.3 is 4.74 Å². The van der Waals surface area contributed by atoms with E-state index in [2.05, 4.69) is 15.5 Å². The number of fused-ring (bicyclic) bond motifs is 1. The van der Waals surface area contributed by atoms with Crippen molar-refractivity contribution in [2.45, 2.75) is 13.0 Å². The van der Waals surface area contributed by atoms with Crippen LogP contribution in [0, 0.1) is 11.3 Å². The summed E-state index contributed by atoms with van der Waals surface area (Å²) in [6.45, 7) is 1.60. The molecule has 1 aromatic carbocycles. The number of carbonyl (C=O) groups is 1. The molecule has 2 aromatic heterocycles. The Kier molecular flexibility index (Phi) is 4.97. The van der Waals surface area contributed by atoms with E-state index < -0.39 is 12.0 Å². The Morgan fingerprint density at radius 3 is 3.00 bits per heavy atom. The number of thiazole rings is 1. The maximum Gasteiger partial charge on any atom is 0.280 e. The van der Waals surface area contributed by atoms with E-state index in [1.54, 1.807) is 35.6 Å². The number of amides is 1. The number of ether oxygens (including phenoxy) is 1. The van der Waals surface area contributed by atoms with Gasteiger partial charge in [0.05, 0.1) is 17.8 Å². The summed E-state index contributed by atoms with van der Waals surface area (Å²) in [7, 11) is 0. The molecule has 0 aliphatic rings. The minimum absolute atomic E-state index is 0.312. The first-order valence-corrected chi connectivity index (χ1v) is 8.45. The van der Waals surface area contributed by atoms with Crippen LogP contribution in [0.1, 0.15) is 18.2 Å². The van der Waals surface area contributed by atoms with E-state index in [0.717, 1.165) is 4.96 Å². The molecule has 1 N–H and O–H groups in total. The zero-order valence-electron chi connectivity index (χ0n) is 13.0. The Morgan fingerprint density at radius 1 is 1.52 bits per heavy atom. The van der Waals surface area contributed by atoms with Crippen molar-refractivity contribution in [3.63, 3.8) is 0 Å². The van der Waals surface area contributed by atoms with E-state index in [9.17, 15) is 4.79 Å². The number of hydrogen-bond donors (Lipinski definition) is 1. The van der Waals surface area contributed by atoms with Crippen LogP contribution in [0.4, 0.5) is 0 Å². The first-order chi connectivity index (χ1) is 12.1. The number of carbonyl (C=O) groups excluding carboxylic acids is 1. The van der Waals surface area contributed by atoms with Gasteiger partial charge in [0.2, 0.25) is 0 Å². The monoisotopic (exact) mass is 373 g/mol. The van der Waals surface area contributed by atoms with Crippen molar-refractivity contribution in [2.24, 2.45) is 5.10 Å². The van der Waals surface area contributed by atoms with E-state index in [1.807, 2.05) is 17.6 Å². The summed E-state index contributed by atoms with van der Waals surface area (Å²) in [5, 5.41) is 14.9. The van der Waals surface area contributed by atoms with Crippen LogP contribution in [-0.4, -0.2) is 27.6 Å². The number of nitriles is 1. The van der Waals surface area contributed by atoms with Crippen molar-refractivity contribution >= 4 is 40.0 Å². The number of imidazole rings is 1. The van der Waals surface area contributed by atoms with Crippen LogP contribution in [-0.2, 0) is 4.79 Å². The number of aromatic nitrogens is 2. The average molecular weight is 374 g/mol. The summed E-state index contributed by atoms with van der Waals surface area (Å²) in [5.74, 6) is 0.0762. The van der Waals surface area contributed by atoms with Gasteiger partial charge in [-0.2, -0.15) is 10.4 Å². The number of hydrogen-bond acceptors (Lipinski definition) is 6. The van der Waals surface area contributed by atoms with Crippen LogP contribution < -0.4 is 10.2 Å². The molecule has 3 aromatic rings. The standard InChI is InChI=1S/C16H12ClN5O2S/c1-10(24-12-4-2-11(8-18)3-5-12)15(23)21-19-9-13-14(17)20-16-22(13)6-7-25-16/h2-7,9-10H,1H3,(H,21,23)/b19-9+. The fourth-order valence-electron chi connectivity index (χ4n) is 2.01. The van der Waals surface area contributed by atoms with Gasteiger partial charge in [0.25, 0.3) is 5.91 Å². The van der Waals surface area contributed by atoms with Crippen LogP contribution in [0.2, 0.25) is 5.15 Å². The number of nitrogens with zero attached hydrogens (tertiary/aromatic N) is 4. The molecule has 0 aliphatic carbocycles. The van der Waals surface area contributed by atoms with E-state index in [0.29, 0.717) is 22.2 Å². The third-order valence-electron chi connectivity index (χ3n) is 3.28. The second-order valence-electron chi connectivity index (χ2n) is 4.97. The van der Waals surface area contributed by atoms with Gasteiger partial charge in [-0.3, -0.25) is 9.20 Å². The predicted octanol–water partition coefficient (Wildman–Crippen LogP) is 2.84. The summed E-state index contributed by atoms with van der Waals surface area (Å²) in [6, 6.07) is 8.51. The lowest BCUT2D eigenvalue weighted by molar-refractivity contribution is -0.127. The van der Waals surface area contributed by atoms with E-state index in [4.69, 9.17) is 21.6 Å². The highest BCUT2D eigenvalue weighted by molar-refractivity contribution is 7.15. The Bertz CT molecular complexity index is 971. The molecule has 25 heavy (non-hydrogen) atoms. The lowest BCUT2D eigenvalue weighted by Crippen LogP contribution is -2.33. The molecule has 0 saturated heterocycles.